The van der Waals surface area contributed by atoms with Gasteiger partial charge in [0.2, 0.25) is 0 Å². The van der Waals surface area contributed by atoms with Gasteiger partial charge in [-0.3, -0.25) is 0 Å². The second-order valence-corrected chi connectivity index (χ2v) is 4.71. The molecule has 2 aromatic rings. The van der Waals surface area contributed by atoms with E-state index in [2.05, 4.69) is 9.97 Å². The van der Waals surface area contributed by atoms with Crippen molar-refractivity contribution in [3.05, 3.63) is 35.2 Å². The number of nitrogens with one attached hydrogen (secondary N) is 1. The Morgan fingerprint density at radius 1 is 1.50 bits per heavy atom. The Morgan fingerprint density at radius 2 is 2.28 bits per heavy atom. The highest BCUT2D eigenvalue weighted by molar-refractivity contribution is 6.30. The van der Waals surface area contributed by atoms with Crippen LogP contribution in [0.3, 0.4) is 0 Å². The van der Waals surface area contributed by atoms with E-state index in [1.54, 1.807) is 19.4 Å². The molecule has 0 spiro atoms. The molecule has 2 rings (SSSR count). The molecule has 1 heterocycles. The molecule has 5 heteroatoms. The van der Waals surface area contributed by atoms with Crippen molar-refractivity contribution in [2.75, 3.05) is 7.11 Å². The minimum Gasteiger partial charge on any atom is -0.496 e. The maximum Gasteiger partial charge on any atom is 0.128 e. The second kappa shape index (κ2) is 5.42. The van der Waals surface area contributed by atoms with Crippen LogP contribution in [0.25, 0.3) is 11.3 Å². The van der Waals surface area contributed by atoms with Gasteiger partial charge in [-0.05, 0) is 25.1 Å². The number of rotatable bonds is 4. The summed E-state index contributed by atoms with van der Waals surface area (Å²) >= 11 is 6.00. The van der Waals surface area contributed by atoms with Gasteiger partial charge < -0.3 is 15.5 Å². The lowest BCUT2D eigenvalue weighted by atomic mass is 10.1. The quantitative estimate of drug-likeness (QED) is 0.893. The molecule has 18 heavy (non-hydrogen) atoms. The van der Waals surface area contributed by atoms with E-state index in [-0.39, 0.29) is 6.04 Å². The van der Waals surface area contributed by atoms with Gasteiger partial charge in [-0.25, -0.2) is 4.98 Å². The number of aromatic nitrogens is 2. The molecule has 1 unspecified atom stereocenters. The Balaban J connectivity index is 2.36. The molecule has 1 aromatic heterocycles. The van der Waals surface area contributed by atoms with Gasteiger partial charge in [0, 0.05) is 23.0 Å². The zero-order valence-electron chi connectivity index (χ0n) is 10.4. The number of benzene rings is 1. The third kappa shape index (κ3) is 2.83. The maximum atomic E-state index is 6.00. The second-order valence-electron chi connectivity index (χ2n) is 4.27. The molecule has 0 aliphatic carbocycles. The van der Waals surface area contributed by atoms with Crippen molar-refractivity contribution < 1.29 is 4.74 Å². The molecule has 0 aliphatic heterocycles. The average molecular weight is 266 g/mol. The van der Waals surface area contributed by atoms with Gasteiger partial charge in [0.1, 0.15) is 11.6 Å². The zero-order chi connectivity index (χ0) is 13.1. The molecule has 3 N–H and O–H groups in total. The van der Waals surface area contributed by atoms with Gasteiger partial charge in [0.05, 0.1) is 19.0 Å². The SMILES string of the molecule is COc1ccc(Cl)cc1-c1cnc(CC(C)N)[nH]1. The van der Waals surface area contributed by atoms with Crippen molar-refractivity contribution in [3.63, 3.8) is 0 Å². The number of methoxy groups -OCH3 is 1. The van der Waals surface area contributed by atoms with Gasteiger partial charge in [0.15, 0.2) is 0 Å². The molecule has 4 nitrogen and oxygen atoms in total. The minimum atomic E-state index is 0.0743. The summed E-state index contributed by atoms with van der Waals surface area (Å²) in [6.07, 6.45) is 2.48. The van der Waals surface area contributed by atoms with Crippen LogP contribution in [-0.4, -0.2) is 23.1 Å². The van der Waals surface area contributed by atoms with Gasteiger partial charge >= 0.3 is 0 Å². The summed E-state index contributed by atoms with van der Waals surface area (Å²) in [5.41, 5.74) is 7.52. The number of nitrogens with zero attached hydrogens (tertiary/aromatic N) is 1. The molecule has 1 atom stereocenters. The Morgan fingerprint density at radius 3 is 2.94 bits per heavy atom. The predicted octanol–water partition coefficient (Wildman–Crippen LogP) is 2.63. The van der Waals surface area contributed by atoms with E-state index in [0.717, 1.165) is 22.8 Å². The first-order valence-corrected chi connectivity index (χ1v) is 6.11. The summed E-state index contributed by atoms with van der Waals surface area (Å²) in [5, 5.41) is 0.661. The van der Waals surface area contributed by atoms with Crippen LogP contribution in [0.2, 0.25) is 5.02 Å². The summed E-state index contributed by atoms with van der Waals surface area (Å²) in [6, 6.07) is 5.56. The van der Waals surface area contributed by atoms with Crippen LogP contribution in [0, 0.1) is 0 Å². The van der Waals surface area contributed by atoms with Crippen molar-refractivity contribution in [1.29, 1.82) is 0 Å². The van der Waals surface area contributed by atoms with E-state index in [0.29, 0.717) is 11.4 Å². The topological polar surface area (TPSA) is 63.9 Å². The summed E-state index contributed by atoms with van der Waals surface area (Å²) in [5.74, 6) is 1.62. The zero-order valence-corrected chi connectivity index (χ0v) is 11.2. The lowest BCUT2D eigenvalue weighted by Crippen LogP contribution is -2.18. The molecule has 0 saturated carbocycles. The molecule has 1 aromatic carbocycles. The number of nitrogens with two attached hydrogens (primary N) is 1. The van der Waals surface area contributed by atoms with Crippen LogP contribution < -0.4 is 10.5 Å². The Kier molecular flexibility index (Phi) is 3.89. The van der Waals surface area contributed by atoms with Crippen molar-refractivity contribution in [3.8, 4) is 17.0 Å². The number of H-pyrrole nitrogens is 1. The molecule has 96 valence electrons. The van der Waals surface area contributed by atoms with E-state index in [9.17, 15) is 0 Å². The van der Waals surface area contributed by atoms with Gasteiger partial charge in [0.25, 0.3) is 0 Å². The van der Waals surface area contributed by atoms with Crippen LogP contribution in [-0.2, 0) is 6.42 Å². The fourth-order valence-electron chi connectivity index (χ4n) is 1.80. The standard InChI is InChI=1S/C13H16ClN3O/c1-8(15)5-13-16-7-11(17-13)10-6-9(14)3-4-12(10)18-2/h3-4,6-8H,5,15H2,1-2H3,(H,16,17). The lowest BCUT2D eigenvalue weighted by Gasteiger charge is -2.07. The highest BCUT2D eigenvalue weighted by atomic mass is 35.5. The van der Waals surface area contributed by atoms with E-state index >= 15 is 0 Å². The molecule has 0 fully saturated rings. The van der Waals surface area contributed by atoms with Crippen LogP contribution in [0.5, 0.6) is 5.75 Å². The van der Waals surface area contributed by atoms with Gasteiger partial charge in [-0.2, -0.15) is 0 Å². The highest BCUT2D eigenvalue weighted by Crippen LogP contribution is 2.31. The number of hydrogen-bond acceptors (Lipinski definition) is 3. The number of ether oxygens (including phenoxy) is 1. The third-order valence-electron chi connectivity index (χ3n) is 2.60. The van der Waals surface area contributed by atoms with Crippen molar-refractivity contribution in [1.82, 2.24) is 9.97 Å². The molecule has 0 radical (unpaired) electrons. The predicted molar refractivity (Wildman–Crippen MR) is 72.9 cm³/mol. The minimum absolute atomic E-state index is 0.0743. The van der Waals surface area contributed by atoms with E-state index in [4.69, 9.17) is 22.1 Å². The molecular weight excluding hydrogens is 250 g/mol. The summed E-state index contributed by atoms with van der Waals surface area (Å²) < 4.78 is 5.31. The fourth-order valence-corrected chi connectivity index (χ4v) is 1.97. The highest BCUT2D eigenvalue weighted by Gasteiger charge is 2.10. The molecule has 0 saturated heterocycles. The lowest BCUT2D eigenvalue weighted by molar-refractivity contribution is 0.416. The largest absolute Gasteiger partial charge is 0.496 e. The Hall–Kier alpha value is -1.52. The number of hydrogen-bond donors (Lipinski definition) is 2. The molecule has 0 aliphatic rings. The van der Waals surface area contributed by atoms with Crippen molar-refractivity contribution in [2.24, 2.45) is 5.73 Å². The summed E-state index contributed by atoms with van der Waals surface area (Å²) in [7, 11) is 1.63. The smallest absolute Gasteiger partial charge is 0.128 e. The monoisotopic (exact) mass is 265 g/mol. The van der Waals surface area contributed by atoms with Crippen molar-refractivity contribution in [2.45, 2.75) is 19.4 Å². The van der Waals surface area contributed by atoms with Crippen LogP contribution in [0.1, 0.15) is 12.7 Å². The van der Waals surface area contributed by atoms with Crippen LogP contribution in [0.15, 0.2) is 24.4 Å². The molecular formula is C13H16ClN3O. The first-order chi connectivity index (χ1) is 8.60. The first-order valence-electron chi connectivity index (χ1n) is 5.73. The fraction of sp³-hybridized carbons (Fsp3) is 0.308. The van der Waals surface area contributed by atoms with E-state index < -0.39 is 0 Å². The van der Waals surface area contributed by atoms with E-state index in [1.165, 1.54) is 0 Å². The molecule has 0 bridgehead atoms. The van der Waals surface area contributed by atoms with Crippen LogP contribution >= 0.6 is 11.6 Å². The number of imidazole rings is 1. The summed E-state index contributed by atoms with van der Waals surface area (Å²) in [6.45, 7) is 1.95. The van der Waals surface area contributed by atoms with Crippen molar-refractivity contribution >= 4 is 11.6 Å². The Labute approximate surface area is 111 Å². The first kappa shape index (κ1) is 12.9. The normalized spacial score (nSPS) is 12.4. The Bertz CT molecular complexity index is 537. The maximum absolute atomic E-state index is 6.00. The number of halogens is 1. The summed E-state index contributed by atoms with van der Waals surface area (Å²) in [4.78, 5) is 7.54. The van der Waals surface area contributed by atoms with Crippen LogP contribution in [0.4, 0.5) is 0 Å². The number of aromatic amines is 1. The third-order valence-corrected chi connectivity index (χ3v) is 2.83. The van der Waals surface area contributed by atoms with Gasteiger partial charge in [-0.15, -0.1) is 0 Å². The average Bonchev–Trinajstić information content (AvgIpc) is 2.76. The van der Waals surface area contributed by atoms with E-state index in [1.807, 2.05) is 19.1 Å². The van der Waals surface area contributed by atoms with Gasteiger partial charge in [-0.1, -0.05) is 11.6 Å². The molecule has 0 amide bonds.